The van der Waals surface area contributed by atoms with Crippen molar-refractivity contribution < 1.29 is 21.9 Å². The number of ether oxygens (including phenoxy) is 1. The Morgan fingerprint density at radius 3 is 2.63 bits per heavy atom. The minimum Gasteiger partial charge on any atom is -0.480 e. The van der Waals surface area contributed by atoms with Crippen molar-refractivity contribution in [2.24, 2.45) is 0 Å². The van der Waals surface area contributed by atoms with Crippen LogP contribution in [0.15, 0.2) is 53.7 Å². The summed E-state index contributed by atoms with van der Waals surface area (Å²) in [7, 11) is 1.02. The van der Waals surface area contributed by atoms with E-state index in [1.54, 1.807) is 18.3 Å². The van der Waals surface area contributed by atoms with Crippen LogP contribution in [0.5, 0.6) is 5.88 Å². The van der Waals surface area contributed by atoms with E-state index in [4.69, 9.17) is 16.3 Å². The van der Waals surface area contributed by atoms with Crippen LogP contribution in [0.25, 0.3) is 22.0 Å². The summed E-state index contributed by atoms with van der Waals surface area (Å²) in [6.07, 6.45) is 7.12. The number of benzene rings is 2. The van der Waals surface area contributed by atoms with Gasteiger partial charge in [0.2, 0.25) is 11.8 Å². The summed E-state index contributed by atoms with van der Waals surface area (Å²) < 4.78 is 63.9. The van der Waals surface area contributed by atoms with Crippen LogP contribution in [0.1, 0.15) is 25.7 Å². The summed E-state index contributed by atoms with van der Waals surface area (Å²) in [6, 6.07) is 8.62. The molecule has 1 aliphatic carbocycles. The third kappa shape index (κ3) is 6.19. The van der Waals surface area contributed by atoms with Gasteiger partial charge in [-0.1, -0.05) is 17.7 Å². The number of sulfonamides is 1. The largest absolute Gasteiger partial charge is 0.480 e. The predicted molar refractivity (Wildman–Crippen MR) is 155 cm³/mol. The van der Waals surface area contributed by atoms with Gasteiger partial charge in [0.15, 0.2) is 10.7 Å². The SMILES string of the molecule is COc1ncc(Cl)cc1S(=O)(=O)Nc1ccc(F)c(-c2ccc3nc(N[C@@H]4CCC[C@@H](N(C)C)C4)ncc3c2)c1F. The van der Waals surface area contributed by atoms with E-state index in [0.29, 0.717) is 22.9 Å². The highest BCUT2D eigenvalue weighted by molar-refractivity contribution is 7.92. The molecule has 216 valence electrons. The van der Waals surface area contributed by atoms with Gasteiger partial charge in [-0.25, -0.2) is 32.2 Å². The number of methoxy groups -OCH3 is 1. The Hall–Kier alpha value is -3.61. The minimum atomic E-state index is -4.39. The molecule has 0 aliphatic heterocycles. The van der Waals surface area contributed by atoms with Crippen molar-refractivity contribution in [3.05, 3.63) is 65.4 Å². The average molecular weight is 603 g/mol. The maximum atomic E-state index is 15.7. The standard InChI is InChI=1S/C28H29ClF2N6O3S/c1-37(2)20-6-4-5-19(13-20)34-28-33-14-17-11-16(7-9-22(17)35-28)25-21(30)8-10-23(26(25)31)36-41(38,39)24-12-18(29)15-32-27(24)40-3/h7-12,14-15,19-20,36H,4-6,13H2,1-3H3,(H,33,34,35)/t19-,20-/m1/s1. The molecule has 9 nitrogen and oxygen atoms in total. The lowest BCUT2D eigenvalue weighted by atomic mass is 9.90. The number of nitrogens with zero attached hydrogens (tertiary/aromatic N) is 4. The zero-order chi connectivity index (χ0) is 29.3. The van der Waals surface area contributed by atoms with E-state index in [1.807, 2.05) is 0 Å². The quantitative estimate of drug-likeness (QED) is 0.264. The molecule has 5 rings (SSSR count). The Morgan fingerprint density at radius 1 is 1.07 bits per heavy atom. The van der Waals surface area contributed by atoms with Crippen LogP contribution in [0.3, 0.4) is 0 Å². The molecular formula is C28H29ClF2N6O3S. The smallest absolute Gasteiger partial charge is 0.267 e. The second-order valence-corrected chi connectivity index (χ2v) is 12.2. The third-order valence-electron chi connectivity index (χ3n) is 7.18. The van der Waals surface area contributed by atoms with Crippen LogP contribution in [0, 0.1) is 11.6 Å². The summed E-state index contributed by atoms with van der Waals surface area (Å²) in [6.45, 7) is 0. The fourth-order valence-electron chi connectivity index (χ4n) is 5.05. The first-order valence-electron chi connectivity index (χ1n) is 13.0. The second kappa shape index (κ2) is 11.7. The number of hydrogen-bond donors (Lipinski definition) is 2. The molecule has 0 radical (unpaired) electrons. The number of hydrogen-bond acceptors (Lipinski definition) is 8. The van der Waals surface area contributed by atoms with E-state index in [1.165, 1.54) is 19.4 Å². The van der Waals surface area contributed by atoms with Crippen LogP contribution >= 0.6 is 11.6 Å². The summed E-state index contributed by atoms with van der Waals surface area (Å²) in [5.41, 5.74) is -0.0596. The van der Waals surface area contributed by atoms with Gasteiger partial charge in [-0.05, 0) is 75.7 Å². The molecule has 0 bridgehead atoms. The number of halogens is 3. The monoisotopic (exact) mass is 602 g/mol. The molecule has 13 heteroatoms. The van der Waals surface area contributed by atoms with E-state index in [-0.39, 0.29) is 22.5 Å². The first-order valence-corrected chi connectivity index (χ1v) is 14.8. The predicted octanol–water partition coefficient (Wildman–Crippen LogP) is 5.72. The molecule has 0 amide bonds. The molecule has 2 heterocycles. The van der Waals surface area contributed by atoms with Crippen molar-refractivity contribution in [1.29, 1.82) is 0 Å². The maximum Gasteiger partial charge on any atom is 0.267 e. The molecule has 4 aromatic rings. The molecular weight excluding hydrogens is 574 g/mol. The Bertz CT molecular complexity index is 1710. The molecule has 2 N–H and O–H groups in total. The molecule has 0 unspecified atom stereocenters. The molecule has 41 heavy (non-hydrogen) atoms. The van der Waals surface area contributed by atoms with Crippen LogP contribution in [0.4, 0.5) is 20.4 Å². The summed E-state index contributed by atoms with van der Waals surface area (Å²) in [4.78, 5) is 14.7. The van der Waals surface area contributed by atoms with Crippen molar-refractivity contribution >= 4 is 44.2 Å². The lowest BCUT2D eigenvalue weighted by Gasteiger charge is -2.33. The van der Waals surface area contributed by atoms with Crippen LogP contribution in [0.2, 0.25) is 5.02 Å². The van der Waals surface area contributed by atoms with Crippen molar-refractivity contribution in [3.8, 4) is 17.0 Å². The lowest BCUT2D eigenvalue weighted by Crippen LogP contribution is -2.38. The number of nitrogens with one attached hydrogen (secondary N) is 2. The molecule has 0 spiro atoms. The van der Waals surface area contributed by atoms with Gasteiger partial charge in [-0.15, -0.1) is 0 Å². The van der Waals surface area contributed by atoms with E-state index in [0.717, 1.165) is 43.9 Å². The maximum absolute atomic E-state index is 15.7. The first-order chi connectivity index (χ1) is 19.6. The molecule has 0 saturated heterocycles. The van der Waals surface area contributed by atoms with Gasteiger partial charge in [0.25, 0.3) is 10.0 Å². The molecule has 2 atom stereocenters. The van der Waals surface area contributed by atoms with Crippen LogP contribution in [-0.4, -0.2) is 61.6 Å². The number of rotatable bonds is 8. The van der Waals surface area contributed by atoms with Crippen LogP contribution < -0.4 is 14.8 Å². The Kier molecular flexibility index (Phi) is 8.25. The van der Waals surface area contributed by atoms with Gasteiger partial charge < -0.3 is 15.0 Å². The fourth-order valence-corrected chi connectivity index (χ4v) is 6.48. The normalized spacial score (nSPS) is 17.5. The molecule has 2 aromatic carbocycles. The van der Waals surface area contributed by atoms with Crippen molar-refractivity contribution in [1.82, 2.24) is 19.9 Å². The van der Waals surface area contributed by atoms with E-state index >= 15 is 4.39 Å². The number of aromatic nitrogens is 3. The van der Waals surface area contributed by atoms with Gasteiger partial charge >= 0.3 is 0 Å². The topological polar surface area (TPSA) is 109 Å². The average Bonchev–Trinajstić information content (AvgIpc) is 2.95. The lowest BCUT2D eigenvalue weighted by molar-refractivity contribution is 0.219. The highest BCUT2D eigenvalue weighted by Crippen LogP contribution is 2.34. The minimum absolute atomic E-state index is 0.0414. The number of anilines is 2. The number of pyridine rings is 1. The molecule has 2 aromatic heterocycles. The van der Waals surface area contributed by atoms with Gasteiger partial charge in [-0.2, -0.15) is 0 Å². The van der Waals surface area contributed by atoms with E-state index < -0.39 is 37.8 Å². The van der Waals surface area contributed by atoms with Crippen LogP contribution in [-0.2, 0) is 10.0 Å². The highest BCUT2D eigenvalue weighted by atomic mass is 35.5. The Labute approximate surface area is 242 Å². The van der Waals surface area contributed by atoms with Gasteiger partial charge in [0.1, 0.15) is 5.82 Å². The summed E-state index contributed by atoms with van der Waals surface area (Å²) in [5.74, 6) is -1.68. The molecule has 1 saturated carbocycles. The van der Waals surface area contributed by atoms with Crippen molar-refractivity contribution in [3.63, 3.8) is 0 Å². The van der Waals surface area contributed by atoms with Gasteiger partial charge in [0, 0.05) is 29.9 Å². The van der Waals surface area contributed by atoms with Crippen molar-refractivity contribution in [2.45, 2.75) is 42.7 Å². The summed E-state index contributed by atoms with van der Waals surface area (Å²) >= 11 is 5.91. The highest BCUT2D eigenvalue weighted by Gasteiger charge is 2.26. The van der Waals surface area contributed by atoms with E-state index in [9.17, 15) is 12.8 Å². The molecule has 1 aliphatic rings. The number of fused-ring (bicyclic) bond motifs is 1. The van der Waals surface area contributed by atoms with Gasteiger partial charge in [0.05, 0.1) is 28.9 Å². The zero-order valence-corrected chi connectivity index (χ0v) is 24.2. The second-order valence-electron chi connectivity index (χ2n) is 10.1. The first kappa shape index (κ1) is 28.9. The zero-order valence-electron chi connectivity index (χ0n) is 22.7. The Balaban J connectivity index is 1.42. The summed E-state index contributed by atoms with van der Waals surface area (Å²) in [5, 5.41) is 4.03. The van der Waals surface area contributed by atoms with E-state index in [2.05, 4.69) is 44.0 Å². The third-order valence-corrected chi connectivity index (χ3v) is 8.75. The Morgan fingerprint density at radius 2 is 1.88 bits per heavy atom. The molecule has 1 fully saturated rings. The fraction of sp³-hybridized carbons (Fsp3) is 0.321. The van der Waals surface area contributed by atoms with Gasteiger partial charge in [-0.3, -0.25) is 4.72 Å². The van der Waals surface area contributed by atoms with Crippen molar-refractivity contribution in [2.75, 3.05) is 31.2 Å².